The van der Waals surface area contributed by atoms with E-state index in [1.165, 1.54) is 12.8 Å². The summed E-state index contributed by atoms with van der Waals surface area (Å²) in [7, 11) is 0. The van der Waals surface area contributed by atoms with E-state index in [1.807, 2.05) is 0 Å². The summed E-state index contributed by atoms with van der Waals surface area (Å²) < 4.78 is 0. The Hall–Kier alpha value is -0.120. The molecule has 126 valence electrons. The lowest BCUT2D eigenvalue weighted by Gasteiger charge is -2.61. The molecule has 0 heterocycles. The maximum absolute atomic E-state index is 10.9. The highest BCUT2D eigenvalue weighted by Gasteiger charge is 2.61. The average molecular weight is 308 g/mol. The van der Waals surface area contributed by atoms with Crippen LogP contribution in [0, 0.1) is 34.5 Å². The van der Waals surface area contributed by atoms with Crippen molar-refractivity contribution in [2.75, 3.05) is 0 Å². The van der Waals surface area contributed by atoms with Crippen LogP contribution < -0.4 is 0 Å². The zero-order valence-electron chi connectivity index (χ0n) is 14.0. The molecule has 0 amide bonds. The van der Waals surface area contributed by atoms with Gasteiger partial charge in [-0.1, -0.05) is 13.8 Å². The molecule has 0 aliphatic heterocycles. The van der Waals surface area contributed by atoms with E-state index in [-0.39, 0.29) is 29.1 Å². The Labute approximate surface area is 134 Å². The van der Waals surface area contributed by atoms with Crippen LogP contribution in [0.15, 0.2) is 0 Å². The normalized spacial score (nSPS) is 61.2. The molecule has 0 bridgehead atoms. The Morgan fingerprint density at radius 3 is 2.36 bits per heavy atom. The predicted molar refractivity (Wildman–Crippen MR) is 85.1 cm³/mol. The first-order chi connectivity index (χ1) is 10.3. The Morgan fingerprint density at radius 1 is 0.818 bits per heavy atom. The molecule has 4 aliphatic rings. The summed E-state index contributed by atoms with van der Waals surface area (Å²) in [4.78, 5) is 0. The van der Waals surface area contributed by atoms with Gasteiger partial charge in [-0.25, -0.2) is 0 Å². The van der Waals surface area contributed by atoms with E-state index in [1.54, 1.807) is 0 Å². The highest BCUT2D eigenvalue weighted by Crippen LogP contribution is 2.66. The molecule has 4 aliphatic carbocycles. The van der Waals surface area contributed by atoms with Gasteiger partial charge in [0, 0.05) is 0 Å². The maximum Gasteiger partial charge on any atom is 0.0577 e. The summed E-state index contributed by atoms with van der Waals surface area (Å²) in [5, 5.41) is 31.2. The molecular weight excluding hydrogens is 276 g/mol. The molecule has 4 saturated carbocycles. The second-order valence-corrected chi connectivity index (χ2v) is 9.51. The number of aliphatic hydroxyl groups excluding tert-OH is 3. The minimum Gasteiger partial charge on any atom is -0.393 e. The van der Waals surface area contributed by atoms with Crippen LogP contribution in [0.25, 0.3) is 0 Å². The van der Waals surface area contributed by atoms with Gasteiger partial charge in [0.2, 0.25) is 0 Å². The third kappa shape index (κ3) is 2.04. The molecule has 3 N–H and O–H groups in total. The molecule has 4 fully saturated rings. The van der Waals surface area contributed by atoms with Crippen LogP contribution in [0.2, 0.25) is 0 Å². The van der Waals surface area contributed by atoms with Crippen molar-refractivity contribution in [3.63, 3.8) is 0 Å². The molecule has 0 unspecified atom stereocenters. The lowest BCUT2D eigenvalue weighted by atomic mass is 9.44. The van der Waals surface area contributed by atoms with Crippen molar-refractivity contribution in [1.29, 1.82) is 0 Å². The van der Waals surface area contributed by atoms with Crippen molar-refractivity contribution in [2.24, 2.45) is 34.5 Å². The Balaban J connectivity index is 1.67. The first kappa shape index (κ1) is 15.4. The zero-order chi connectivity index (χ0) is 15.7. The monoisotopic (exact) mass is 308 g/mol. The first-order valence-corrected chi connectivity index (χ1v) is 9.38. The molecule has 9 atom stereocenters. The zero-order valence-corrected chi connectivity index (χ0v) is 14.0. The number of fused-ring (bicyclic) bond motifs is 5. The van der Waals surface area contributed by atoms with E-state index in [0.29, 0.717) is 23.7 Å². The molecule has 0 aromatic heterocycles. The highest BCUT2D eigenvalue weighted by molar-refractivity contribution is 5.10. The Morgan fingerprint density at radius 2 is 1.59 bits per heavy atom. The third-order valence-electron chi connectivity index (χ3n) is 8.40. The van der Waals surface area contributed by atoms with E-state index < -0.39 is 0 Å². The molecule has 22 heavy (non-hydrogen) atoms. The molecule has 3 heteroatoms. The number of rotatable bonds is 0. The summed E-state index contributed by atoms with van der Waals surface area (Å²) in [5.41, 5.74) is 0.525. The van der Waals surface area contributed by atoms with E-state index >= 15 is 0 Å². The quantitative estimate of drug-likeness (QED) is 0.645. The summed E-state index contributed by atoms with van der Waals surface area (Å²) >= 11 is 0. The summed E-state index contributed by atoms with van der Waals surface area (Å²) in [5.74, 6) is 1.91. The van der Waals surface area contributed by atoms with E-state index in [4.69, 9.17) is 0 Å². The van der Waals surface area contributed by atoms with Gasteiger partial charge in [0.15, 0.2) is 0 Å². The van der Waals surface area contributed by atoms with Crippen LogP contribution in [-0.4, -0.2) is 33.6 Å². The van der Waals surface area contributed by atoms with Crippen molar-refractivity contribution in [3.05, 3.63) is 0 Å². The molecular formula is C19H32O3. The Kier molecular flexibility index (Phi) is 3.46. The minimum absolute atomic E-state index is 0.163. The molecule has 0 saturated heterocycles. The lowest BCUT2D eigenvalue weighted by Crippen LogP contribution is -2.57. The summed E-state index contributed by atoms with van der Waals surface area (Å²) in [6.45, 7) is 4.77. The molecule has 0 radical (unpaired) electrons. The van der Waals surface area contributed by atoms with E-state index in [9.17, 15) is 15.3 Å². The standard InChI is InChI=1S/C19H32O3/c1-18-5-4-14-17(15(18)9-13(21)10-18)16(22)8-11-7-12(20)3-6-19(11,14)2/h11-17,20-22H,3-10H2,1-2H3/t11-,12+,13-,14+,15+,16-,17-,18-,19+/m1/s1. The second kappa shape index (κ2) is 4.94. The Bertz CT molecular complexity index is 452. The predicted octanol–water partition coefficient (Wildman–Crippen LogP) is 2.72. The largest absolute Gasteiger partial charge is 0.393 e. The van der Waals surface area contributed by atoms with Crippen LogP contribution in [0.3, 0.4) is 0 Å². The average Bonchev–Trinajstić information content (AvgIpc) is 2.75. The molecule has 0 aromatic rings. The van der Waals surface area contributed by atoms with Crippen LogP contribution in [0.4, 0.5) is 0 Å². The van der Waals surface area contributed by atoms with Crippen molar-refractivity contribution >= 4 is 0 Å². The van der Waals surface area contributed by atoms with Crippen molar-refractivity contribution in [3.8, 4) is 0 Å². The first-order valence-electron chi connectivity index (χ1n) is 9.38. The fourth-order valence-electron chi connectivity index (χ4n) is 7.22. The number of aliphatic hydroxyl groups is 3. The van der Waals surface area contributed by atoms with Gasteiger partial charge in [-0.05, 0) is 85.9 Å². The smallest absolute Gasteiger partial charge is 0.0577 e. The summed E-state index contributed by atoms with van der Waals surface area (Å²) in [6, 6.07) is 0. The van der Waals surface area contributed by atoms with E-state index in [2.05, 4.69) is 13.8 Å². The van der Waals surface area contributed by atoms with Crippen LogP contribution >= 0.6 is 0 Å². The lowest BCUT2D eigenvalue weighted by molar-refractivity contribution is -0.168. The van der Waals surface area contributed by atoms with Gasteiger partial charge in [-0.3, -0.25) is 0 Å². The van der Waals surface area contributed by atoms with Gasteiger partial charge in [0.25, 0.3) is 0 Å². The van der Waals surface area contributed by atoms with Gasteiger partial charge < -0.3 is 15.3 Å². The molecule has 3 nitrogen and oxygen atoms in total. The van der Waals surface area contributed by atoms with Crippen molar-refractivity contribution in [2.45, 2.75) is 83.5 Å². The fourth-order valence-corrected chi connectivity index (χ4v) is 7.22. The van der Waals surface area contributed by atoms with Crippen LogP contribution in [0.1, 0.15) is 65.2 Å². The van der Waals surface area contributed by atoms with E-state index in [0.717, 1.165) is 38.5 Å². The van der Waals surface area contributed by atoms with Crippen molar-refractivity contribution < 1.29 is 15.3 Å². The topological polar surface area (TPSA) is 60.7 Å². The SMILES string of the molecule is C[C@]12CC[C@H]3[C@@H]([C@H](O)C[C@H]4C[C@@H](O)CC[C@@]43C)[C@@H]1C[C@@H](O)C2. The summed E-state index contributed by atoms with van der Waals surface area (Å²) in [6.07, 6.45) is 7.42. The van der Waals surface area contributed by atoms with Crippen molar-refractivity contribution in [1.82, 2.24) is 0 Å². The van der Waals surface area contributed by atoms with Gasteiger partial charge >= 0.3 is 0 Å². The highest BCUT2D eigenvalue weighted by atomic mass is 16.3. The fraction of sp³-hybridized carbons (Fsp3) is 1.00. The van der Waals surface area contributed by atoms with Gasteiger partial charge in [-0.2, -0.15) is 0 Å². The van der Waals surface area contributed by atoms with Crippen LogP contribution in [-0.2, 0) is 0 Å². The van der Waals surface area contributed by atoms with Crippen LogP contribution in [0.5, 0.6) is 0 Å². The van der Waals surface area contributed by atoms with Gasteiger partial charge in [0.1, 0.15) is 0 Å². The minimum atomic E-state index is -0.233. The maximum atomic E-state index is 10.9. The van der Waals surface area contributed by atoms with Gasteiger partial charge in [-0.15, -0.1) is 0 Å². The molecule has 4 rings (SSSR count). The van der Waals surface area contributed by atoms with Gasteiger partial charge in [0.05, 0.1) is 18.3 Å². The second-order valence-electron chi connectivity index (χ2n) is 9.51. The molecule has 0 spiro atoms. The number of hydrogen-bond acceptors (Lipinski definition) is 3. The third-order valence-corrected chi connectivity index (χ3v) is 8.40. The number of hydrogen-bond donors (Lipinski definition) is 3. The molecule has 0 aromatic carbocycles.